The number of aromatic nitrogens is 2. The molecule has 0 amide bonds. The molecule has 1 fully saturated rings. The van der Waals surface area contributed by atoms with E-state index in [4.69, 9.17) is 0 Å². The van der Waals surface area contributed by atoms with Crippen LogP contribution in [-0.4, -0.2) is 40.6 Å². The van der Waals surface area contributed by atoms with Crippen LogP contribution in [0.2, 0.25) is 0 Å². The van der Waals surface area contributed by atoms with Crippen molar-refractivity contribution in [3.63, 3.8) is 0 Å². The fourth-order valence-electron chi connectivity index (χ4n) is 2.16. The van der Waals surface area contributed by atoms with Crippen LogP contribution in [0.1, 0.15) is 32.3 Å². The Morgan fingerprint density at radius 1 is 1.37 bits per heavy atom. The van der Waals surface area contributed by atoms with E-state index in [1.807, 2.05) is 12.4 Å². The Labute approximate surface area is 120 Å². The summed E-state index contributed by atoms with van der Waals surface area (Å²) in [6.07, 6.45) is 6.28. The van der Waals surface area contributed by atoms with Gasteiger partial charge in [0.05, 0.1) is 0 Å². The van der Waals surface area contributed by atoms with Gasteiger partial charge in [0.25, 0.3) is 0 Å². The predicted octanol–water partition coefficient (Wildman–Crippen LogP) is 2.31. The predicted molar refractivity (Wildman–Crippen MR) is 82.8 cm³/mol. The third-order valence-electron chi connectivity index (χ3n) is 3.32. The second kappa shape index (κ2) is 7.70. The summed E-state index contributed by atoms with van der Waals surface area (Å²) in [6.45, 7) is 8.48. The van der Waals surface area contributed by atoms with Crippen molar-refractivity contribution >= 4 is 17.7 Å². The number of nitrogens with zero attached hydrogens (tertiary/aromatic N) is 3. The van der Waals surface area contributed by atoms with Gasteiger partial charge in [0.1, 0.15) is 0 Å². The number of rotatable bonds is 6. The van der Waals surface area contributed by atoms with E-state index in [0.29, 0.717) is 0 Å². The van der Waals surface area contributed by atoms with E-state index in [1.54, 1.807) is 0 Å². The summed E-state index contributed by atoms with van der Waals surface area (Å²) in [4.78, 5) is 11.3. The molecule has 4 nitrogen and oxygen atoms in total. The number of thioether (sulfide) groups is 1. The van der Waals surface area contributed by atoms with Crippen molar-refractivity contribution in [1.82, 2.24) is 15.3 Å². The quantitative estimate of drug-likeness (QED) is 0.810. The molecule has 1 aromatic rings. The maximum absolute atomic E-state index is 4.52. The first-order valence-corrected chi connectivity index (χ1v) is 8.26. The van der Waals surface area contributed by atoms with Crippen LogP contribution in [-0.2, 0) is 6.54 Å². The first-order valence-electron chi connectivity index (χ1n) is 7.21. The Bertz CT molecular complexity index is 368. The standard InChI is InChI=1S/C14H24N4S/c1-3-5-15-8-12-9-16-14(17-10-12)18-6-7-19-13(4-2)11-18/h9-10,13,15H,3-8,11H2,1-2H3. The van der Waals surface area contributed by atoms with Crippen molar-refractivity contribution < 1.29 is 0 Å². The summed E-state index contributed by atoms with van der Waals surface area (Å²) >= 11 is 2.07. The van der Waals surface area contributed by atoms with Crippen molar-refractivity contribution in [2.24, 2.45) is 0 Å². The Hall–Kier alpha value is -0.810. The van der Waals surface area contributed by atoms with Gasteiger partial charge in [-0.2, -0.15) is 11.8 Å². The largest absolute Gasteiger partial charge is 0.339 e. The normalized spacial score (nSPS) is 19.7. The topological polar surface area (TPSA) is 41.1 Å². The van der Waals surface area contributed by atoms with Gasteiger partial charge in [-0.05, 0) is 19.4 Å². The Morgan fingerprint density at radius 3 is 2.84 bits per heavy atom. The van der Waals surface area contributed by atoms with Crippen molar-refractivity contribution in [3.8, 4) is 0 Å². The SMILES string of the molecule is CCCNCc1cnc(N2CCSC(CC)C2)nc1. The molecule has 1 unspecified atom stereocenters. The molecule has 1 aliphatic heterocycles. The Balaban J connectivity index is 1.90. The molecule has 1 N–H and O–H groups in total. The van der Waals surface area contributed by atoms with Gasteiger partial charge in [-0.1, -0.05) is 13.8 Å². The van der Waals surface area contributed by atoms with Crippen molar-refractivity contribution in [2.75, 3.05) is 30.3 Å². The first kappa shape index (κ1) is 14.6. The monoisotopic (exact) mass is 280 g/mol. The molecule has 1 aromatic heterocycles. The summed E-state index contributed by atoms with van der Waals surface area (Å²) in [5.41, 5.74) is 1.16. The molecular formula is C14H24N4S. The Kier molecular flexibility index (Phi) is 5.92. The van der Waals surface area contributed by atoms with Crippen LogP contribution in [0.15, 0.2) is 12.4 Å². The minimum absolute atomic E-state index is 0.725. The van der Waals surface area contributed by atoms with Crippen molar-refractivity contribution in [2.45, 2.75) is 38.5 Å². The highest BCUT2D eigenvalue weighted by atomic mass is 32.2. The van der Waals surface area contributed by atoms with Crippen LogP contribution in [0.4, 0.5) is 5.95 Å². The molecule has 106 valence electrons. The van der Waals surface area contributed by atoms with E-state index in [1.165, 1.54) is 12.2 Å². The highest BCUT2D eigenvalue weighted by molar-refractivity contribution is 8.00. The lowest BCUT2D eigenvalue weighted by Crippen LogP contribution is -2.38. The molecule has 0 radical (unpaired) electrons. The van der Waals surface area contributed by atoms with Gasteiger partial charge in [0, 0.05) is 48.6 Å². The van der Waals surface area contributed by atoms with Crippen LogP contribution in [0.25, 0.3) is 0 Å². The van der Waals surface area contributed by atoms with E-state index < -0.39 is 0 Å². The van der Waals surface area contributed by atoms with Gasteiger partial charge < -0.3 is 10.2 Å². The molecule has 2 rings (SSSR count). The molecule has 19 heavy (non-hydrogen) atoms. The summed E-state index contributed by atoms with van der Waals surface area (Å²) < 4.78 is 0. The average molecular weight is 280 g/mol. The summed E-state index contributed by atoms with van der Waals surface area (Å²) in [5.74, 6) is 2.07. The van der Waals surface area contributed by atoms with E-state index in [0.717, 1.165) is 49.4 Å². The fourth-order valence-corrected chi connectivity index (χ4v) is 3.34. The highest BCUT2D eigenvalue weighted by Gasteiger charge is 2.20. The zero-order valence-electron chi connectivity index (χ0n) is 11.9. The third kappa shape index (κ3) is 4.35. The van der Waals surface area contributed by atoms with Crippen LogP contribution in [0, 0.1) is 0 Å². The van der Waals surface area contributed by atoms with Crippen LogP contribution < -0.4 is 10.2 Å². The molecule has 1 saturated heterocycles. The van der Waals surface area contributed by atoms with Gasteiger partial charge in [-0.15, -0.1) is 0 Å². The summed E-state index contributed by atoms with van der Waals surface area (Å²) in [6, 6.07) is 0. The van der Waals surface area contributed by atoms with Crippen LogP contribution in [0.3, 0.4) is 0 Å². The zero-order chi connectivity index (χ0) is 13.5. The van der Waals surface area contributed by atoms with E-state index in [2.05, 4.69) is 45.8 Å². The lowest BCUT2D eigenvalue weighted by molar-refractivity contribution is 0.668. The third-order valence-corrected chi connectivity index (χ3v) is 4.70. The molecule has 0 aliphatic carbocycles. The fraction of sp³-hybridized carbons (Fsp3) is 0.714. The van der Waals surface area contributed by atoms with Crippen LogP contribution in [0.5, 0.6) is 0 Å². The maximum atomic E-state index is 4.52. The smallest absolute Gasteiger partial charge is 0.225 e. The first-order chi connectivity index (χ1) is 9.33. The highest BCUT2D eigenvalue weighted by Crippen LogP contribution is 2.23. The van der Waals surface area contributed by atoms with Gasteiger partial charge in [-0.3, -0.25) is 0 Å². The number of hydrogen-bond acceptors (Lipinski definition) is 5. The molecule has 0 saturated carbocycles. The number of nitrogens with one attached hydrogen (secondary N) is 1. The van der Waals surface area contributed by atoms with Gasteiger partial charge >= 0.3 is 0 Å². The lowest BCUT2D eigenvalue weighted by atomic mass is 10.3. The van der Waals surface area contributed by atoms with Crippen molar-refractivity contribution in [3.05, 3.63) is 18.0 Å². The molecule has 0 aromatic carbocycles. The average Bonchev–Trinajstić information content (AvgIpc) is 2.48. The zero-order valence-corrected chi connectivity index (χ0v) is 12.7. The molecule has 0 bridgehead atoms. The Morgan fingerprint density at radius 2 is 2.16 bits per heavy atom. The minimum atomic E-state index is 0.725. The van der Waals surface area contributed by atoms with Gasteiger partial charge in [0.15, 0.2) is 0 Å². The lowest BCUT2D eigenvalue weighted by Gasteiger charge is -2.31. The summed E-state index contributed by atoms with van der Waals surface area (Å²) in [7, 11) is 0. The maximum Gasteiger partial charge on any atom is 0.225 e. The van der Waals surface area contributed by atoms with E-state index in [9.17, 15) is 0 Å². The molecule has 1 atom stereocenters. The molecule has 1 aliphatic rings. The molecular weight excluding hydrogens is 256 g/mol. The van der Waals surface area contributed by atoms with Gasteiger partial charge in [-0.25, -0.2) is 9.97 Å². The summed E-state index contributed by atoms with van der Waals surface area (Å²) in [5, 5.41) is 4.09. The number of anilines is 1. The second-order valence-corrected chi connectivity index (χ2v) is 6.32. The minimum Gasteiger partial charge on any atom is -0.339 e. The molecule has 5 heteroatoms. The molecule has 2 heterocycles. The van der Waals surface area contributed by atoms with Crippen molar-refractivity contribution in [1.29, 1.82) is 0 Å². The van der Waals surface area contributed by atoms with Crippen LogP contribution >= 0.6 is 11.8 Å². The number of hydrogen-bond donors (Lipinski definition) is 1. The van der Waals surface area contributed by atoms with Gasteiger partial charge in [0.2, 0.25) is 5.95 Å². The van der Waals surface area contributed by atoms with E-state index >= 15 is 0 Å². The molecule has 0 spiro atoms. The second-order valence-electron chi connectivity index (χ2n) is 4.92. The van der Waals surface area contributed by atoms with E-state index in [-0.39, 0.29) is 0 Å².